The van der Waals surface area contributed by atoms with Crippen molar-refractivity contribution in [2.45, 2.75) is 20.0 Å². The van der Waals surface area contributed by atoms with Gasteiger partial charge in [0.05, 0.1) is 25.9 Å². The Morgan fingerprint density at radius 3 is 2.50 bits per heavy atom. The van der Waals surface area contributed by atoms with Gasteiger partial charge in [-0.05, 0) is 13.8 Å². The van der Waals surface area contributed by atoms with Crippen LogP contribution in [0.15, 0.2) is 0 Å². The van der Waals surface area contributed by atoms with E-state index in [1.807, 2.05) is 13.8 Å². The second kappa shape index (κ2) is 9.23. The molecule has 0 aliphatic carbocycles. The maximum absolute atomic E-state index is 5.41. The van der Waals surface area contributed by atoms with Crippen LogP contribution >= 0.6 is 0 Å². The summed E-state index contributed by atoms with van der Waals surface area (Å²) in [6.45, 7) is 5.96. The number of nitrogens with one attached hydrogen (secondary N) is 2. The zero-order chi connectivity index (χ0) is 14.8. The molecular formula is C11H22N6O3. The van der Waals surface area contributed by atoms with Crippen molar-refractivity contribution in [3.05, 3.63) is 0 Å². The van der Waals surface area contributed by atoms with Gasteiger partial charge in [0, 0.05) is 13.7 Å². The molecule has 0 aliphatic rings. The van der Waals surface area contributed by atoms with Crippen LogP contribution in [0.4, 0.5) is 11.9 Å². The third-order valence-corrected chi connectivity index (χ3v) is 2.05. The van der Waals surface area contributed by atoms with Crippen LogP contribution in [0.1, 0.15) is 13.8 Å². The molecule has 0 radical (unpaired) electrons. The maximum atomic E-state index is 5.41. The van der Waals surface area contributed by atoms with Gasteiger partial charge in [-0.2, -0.15) is 15.0 Å². The quantitative estimate of drug-likeness (QED) is 0.311. The molecule has 0 saturated heterocycles. The summed E-state index contributed by atoms with van der Waals surface area (Å²) >= 11 is 0. The lowest BCUT2D eigenvalue weighted by atomic mass is 10.5. The number of nitrogens with two attached hydrogens (primary N) is 1. The molecule has 1 aromatic heterocycles. The van der Waals surface area contributed by atoms with Gasteiger partial charge >= 0.3 is 6.01 Å². The molecule has 4 N–H and O–H groups in total. The number of nitrogens with zero attached hydrogens (tertiary/aromatic N) is 3. The zero-order valence-electron chi connectivity index (χ0n) is 12.0. The molecule has 9 heteroatoms. The summed E-state index contributed by atoms with van der Waals surface area (Å²) in [5.41, 5.74) is 2.37. The normalized spacial score (nSPS) is 10.7. The van der Waals surface area contributed by atoms with Gasteiger partial charge < -0.3 is 19.5 Å². The fraction of sp³-hybridized carbons (Fsp3) is 0.727. The first kappa shape index (κ1) is 16.3. The number of nitrogen functional groups attached to an aromatic ring is 1. The Bertz CT molecular complexity index is 390. The Labute approximate surface area is 118 Å². The lowest BCUT2D eigenvalue weighted by molar-refractivity contribution is 0.0758. The number of hydrogen-bond acceptors (Lipinski definition) is 9. The lowest BCUT2D eigenvalue weighted by Crippen LogP contribution is -2.18. The van der Waals surface area contributed by atoms with Crippen LogP contribution in [0, 0.1) is 0 Å². The summed E-state index contributed by atoms with van der Waals surface area (Å²) in [5, 5.41) is 3.01. The molecule has 0 amide bonds. The Kier molecular flexibility index (Phi) is 7.55. The highest BCUT2D eigenvalue weighted by Gasteiger charge is 2.07. The Balaban J connectivity index is 2.47. The molecule has 0 aromatic carbocycles. The third kappa shape index (κ3) is 6.45. The van der Waals surface area contributed by atoms with Crippen molar-refractivity contribution in [3.8, 4) is 6.01 Å². The molecule has 0 saturated carbocycles. The molecule has 114 valence electrons. The first-order valence-electron chi connectivity index (χ1n) is 6.35. The summed E-state index contributed by atoms with van der Waals surface area (Å²) in [6.07, 6.45) is -0.0340. The van der Waals surface area contributed by atoms with E-state index in [2.05, 4.69) is 25.7 Å². The summed E-state index contributed by atoms with van der Waals surface area (Å²) in [6, 6.07) is 0.214. The van der Waals surface area contributed by atoms with E-state index < -0.39 is 0 Å². The van der Waals surface area contributed by atoms with Crippen LogP contribution in [-0.2, 0) is 9.47 Å². The average Bonchev–Trinajstić information content (AvgIpc) is 2.41. The van der Waals surface area contributed by atoms with Crippen molar-refractivity contribution in [2.75, 3.05) is 44.2 Å². The van der Waals surface area contributed by atoms with E-state index >= 15 is 0 Å². The molecule has 0 aliphatic heterocycles. The van der Waals surface area contributed by atoms with Gasteiger partial charge in [-0.25, -0.2) is 5.84 Å². The number of ether oxygens (including phenoxy) is 3. The highest BCUT2D eigenvalue weighted by Crippen LogP contribution is 2.11. The van der Waals surface area contributed by atoms with Gasteiger partial charge in [0.25, 0.3) is 0 Å². The number of hydrazine groups is 1. The number of rotatable bonds is 10. The summed E-state index contributed by atoms with van der Waals surface area (Å²) in [5.74, 6) is 5.91. The minimum absolute atomic E-state index is 0.0340. The van der Waals surface area contributed by atoms with Gasteiger partial charge in [0.1, 0.15) is 0 Å². The standard InChI is InChI=1S/C11H22N6O3/c1-8(2)20-11-15-9(14-10(16-11)17-12)13-4-5-19-7-6-18-3/h8H,4-7,12H2,1-3H3,(H2,13,14,15,16,17). The second-order valence-electron chi connectivity index (χ2n) is 4.11. The number of anilines is 2. The van der Waals surface area contributed by atoms with Crippen molar-refractivity contribution in [1.82, 2.24) is 15.0 Å². The van der Waals surface area contributed by atoms with E-state index in [0.29, 0.717) is 32.3 Å². The summed E-state index contributed by atoms with van der Waals surface area (Å²) in [4.78, 5) is 12.2. The SMILES string of the molecule is COCCOCCNc1nc(NN)nc(OC(C)C)n1. The van der Waals surface area contributed by atoms with Crippen molar-refractivity contribution in [2.24, 2.45) is 5.84 Å². The number of aromatic nitrogens is 3. The van der Waals surface area contributed by atoms with E-state index in [-0.39, 0.29) is 18.1 Å². The number of methoxy groups -OCH3 is 1. The molecule has 0 unspecified atom stereocenters. The van der Waals surface area contributed by atoms with Gasteiger partial charge in [-0.3, -0.25) is 5.43 Å². The molecule has 0 fully saturated rings. The third-order valence-electron chi connectivity index (χ3n) is 2.05. The molecule has 9 nitrogen and oxygen atoms in total. The maximum Gasteiger partial charge on any atom is 0.323 e. The van der Waals surface area contributed by atoms with E-state index in [1.54, 1.807) is 7.11 Å². The predicted octanol–water partition coefficient (Wildman–Crippen LogP) is 0.0193. The minimum Gasteiger partial charge on any atom is -0.461 e. The molecule has 1 aromatic rings. The van der Waals surface area contributed by atoms with Crippen molar-refractivity contribution < 1.29 is 14.2 Å². The first-order valence-corrected chi connectivity index (χ1v) is 6.35. The van der Waals surface area contributed by atoms with E-state index in [0.717, 1.165) is 0 Å². The first-order chi connectivity index (χ1) is 9.65. The molecule has 0 bridgehead atoms. The smallest absolute Gasteiger partial charge is 0.323 e. The Morgan fingerprint density at radius 2 is 1.85 bits per heavy atom. The fourth-order valence-corrected chi connectivity index (χ4v) is 1.24. The molecule has 1 heterocycles. The minimum atomic E-state index is -0.0340. The van der Waals surface area contributed by atoms with E-state index in [1.165, 1.54) is 0 Å². The van der Waals surface area contributed by atoms with Crippen LogP contribution in [0.2, 0.25) is 0 Å². The van der Waals surface area contributed by atoms with Gasteiger partial charge in [0.2, 0.25) is 11.9 Å². The van der Waals surface area contributed by atoms with Crippen LogP contribution in [0.5, 0.6) is 6.01 Å². The van der Waals surface area contributed by atoms with Crippen LogP contribution in [-0.4, -0.2) is 54.5 Å². The lowest BCUT2D eigenvalue weighted by Gasteiger charge is -2.11. The van der Waals surface area contributed by atoms with Crippen LogP contribution in [0.25, 0.3) is 0 Å². The molecule has 0 spiro atoms. The fourth-order valence-electron chi connectivity index (χ4n) is 1.24. The van der Waals surface area contributed by atoms with Crippen molar-refractivity contribution >= 4 is 11.9 Å². The van der Waals surface area contributed by atoms with Gasteiger partial charge in [-0.15, -0.1) is 0 Å². The van der Waals surface area contributed by atoms with Crippen molar-refractivity contribution in [1.29, 1.82) is 0 Å². The second-order valence-corrected chi connectivity index (χ2v) is 4.11. The molecular weight excluding hydrogens is 264 g/mol. The average molecular weight is 286 g/mol. The molecule has 20 heavy (non-hydrogen) atoms. The Morgan fingerprint density at radius 1 is 1.10 bits per heavy atom. The van der Waals surface area contributed by atoms with Crippen LogP contribution < -0.4 is 21.3 Å². The van der Waals surface area contributed by atoms with E-state index in [4.69, 9.17) is 20.1 Å². The topological polar surface area (TPSA) is 116 Å². The van der Waals surface area contributed by atoms with Crippen molar-refractivity contribution in [3.63, 3.8) is 0 Å². The van der Waals surface area contributed by atoms with Gasteiger partial charge in [0.15, 0.2) is 0 Å². The van der Waals surface area contributed by atoms with E-state index in [9.17, 15) is 0 Å². The predicted molar refractivity (Wildman–Crippen MR) is 74.6 cm³/mol. The molecule has 1 rings (SSSR count). The number of hydrogen-bond donors (Lipinski definition) is 3. The van der Waals surface area contributed by atoms with Gasteiger partial charge in [-0.1, -0.05) is 0 Å². The summed E-state index contributed by atoms with van der Waals surface area (Å²) in [7, 11) is 1.63. The molecule has 0 atom stereocenters. The largest absolute Gasteiger partial charge is 0.461 e. The monoisotopic (exact) mass is 286 g/mol. The van der Waals surface area contributed by atoms with Crippen LogP contribution in [0.3, 0.4) is 0 Å². The zero-order valence-corrected chi connectivity index (χ0v) is 12.0. The Hall–Kier alpha value is -1.71. The summed E-state index contributed by atoms with van der Waals surface area (Å²) < 4.78 is 15.6. The highest BCUT2D eigenvalue weighted by atomic mass is 16.5. The highest BCUT2D eigenvalue weighted by molar-refractivity contribution is 5.34.